The fourth-order valence-electron chi connectivity index (χ4n) is 1.48. The van der Waals surface area contributed by atoms with Crippen LogP contribution in [0.1, 0.15) is 5.56 Å². The standard InChI is InChI=1S/C11H12Br2N2O2/c12-9-5-8(6-10(13)11(9)16)7-14-15-1-3-17-4-2-15/h5-7,16H,1-4H2/b14-7-. The SMILES string of the molecule is Oc1c(Br)cc(/C=N\N2CCOCC2)cc1Br. The largest absolute Gasteiger partial charge is 0.506 e. The lowest BCUT2D eigenvalue weighted by atomic mass is 10.2. The molecule has 0 amide bonds. The lowest BCUT2D eigenvalue weighted by Gasteiger charge is -2.23. The molecule has 1 N–H and O–H groups in total. The maximum Gasteiger partial charge on any atom is 0.143 e. The lowest BCUT2D eigenvalue weighted by Crippen LogP contribution is -2.32. The summed E-state index contributed by atoms with van der Waals surface area (Å²) in [5.74, 6) is 0.202. The molecular weight excluding hydrogens is 352 g/mol. The molecule has 1 aromatic carbocycles. The zero-order valence-corrected chi connectivity index (χ0v) is 12.2. The van der Waals surface area contributed by atoms with Crippen LogP contribution in [0.4, 0.5) is 0 Å². The Balaban J connectivity index is 2.10. The number of phenols is 1. The highest BCUT2D eigenvalue weighted by molar-refractivity contribution is 9.11. The topological polar surface area (TPSA) is 45.1 Å². The van der Waals surface area contributed by atoms with Crippen molar-refractivity contribution in [1.82, 2.24) is 5.01 Å². The maximum absolute atomic E-state index is 9.58. The van der Waals surface area contributed by atoms with Crippen LogP contribution in [0, 0.1) is 0 Å². The molecule has 17 heavy (non-hydrogen) atoms. The van der Waals surface area contributed by atoms with Gasteiger partial charge in [0.2, 0.25) is 0 Å². The molecule has 0 bridgehead atoms. The average Bonchev–Trinajstić information content (AvgIpc) is 2.34. The van der Waals surface area contributed by atoms with Crippen molar-refractivity contribution in [2.24, 2.45) is 5.10 Å². The number of morpholine rings is 1. The summed E-state index contributed by atoms with van der Waals surface area (Å²) >= 11 is 6.58. The molecule has 0 aliphatic carbocycles. The van der Waals surface area contributed by atoms with Gasteiger partial charge in [0.05, 0.1) is 41.5 Å². The van der Waals surface area contributed by atoms with Gasteiger partial charge in [0.1, 0.15) is 5.75 Å². The molecule has 0 atom stereocenters. The fraction of sp³-hybridized carbons (Fsp3) is 0.364. The number of halogens is 2. The average molecular weight is 364 g/mol. The number of benzene rings is 1. The number of rotatable bonds is 2. The van der Waals surface area contributed by atoms with Gasteiger partial charge in [-0.25, -0.2) is 0 Å². The van der Waals surface area contributed by atoms with Crippen LogP contribution in [0.15, 0.2) is 26.2 Å². The van der Waals surface area contributed by atoms with E-state index in [1.54, 1.807) is 6.21 Å². The van der Waals surface area contributed by atoms with Gasteiger partial charge >= 0.3 is 0 Å². The van der Waals surface area contributed by atoms with Crippen LogP contribution in [0.3, 0.4) is 0 Å². The molecule has 4 nitrogen and oxygen atoms in total. The Labute approximate surface area is 117 Å². The minimum Gasteiger partial charge on any atom is -0.506 e. The minimum absolute atomic E-state index is 0.202. The summed E-state index contributed by atoms with van der Waals surface area (Å²) in [6.07, 6.45) is 1.78. The Bertz CT molecular complexity index is 408. The van der Waals surface area contributed by atoms with E-state index in [0.717, 1.165) is 31.9 Å². The van der Waals surface area contributed by atoms with Gasteiger partial charge in [-0.2, -0.15) is 5.10 Å². The summed E-state index contributed by atoms with van der Waals surface area (Å²) in [5.41, 5.74) is 0.924. The summed E-state index contributed by atoms with van der Waals surface area (Å²) in [5, 5.41) is 15.9. The third kappa shape index (κ3) is 3.43. The number of ether oxygens (including phenoxy) is 1. The first kappa shape index (κ1) is 12.9. The number of phenolic OH excluding ortho intramolecular Hbond substituents is 1. The quantitative estimate of drug-likeness (QED) is 0.821. The second-order valence-electron chi connectivity index (χ2n) is 3.64. The van der Waals surface area contributed by atoms with Gasteiger partial charge in [0.25, 0.3) is 0 Å². The van der Waals surface area contributed by atoms with Crippen LogP contribution in [0.25, 0.3) is 0 Å². The maximum atomic E-state index is 9.58. The monoisotopic (exact) mass is 362 g/mol. The van der Waals surface area contributed by atoms with Gasteiger partial charge in [-0.15, -0.1) is 0 Å². The summed E-state index contributed by atoms with van der Waals surface area (Å²) in [7, 11) is 0. The molecule has 0 aromatic heterocycles. The lowest BCUT2D eigenvalue weighted by molar-refractivity contribution is 0.0397. The summed E-state index contributed by atoms with van der Waals surface area (Å²) in [4.78, 5) is 0. The van der Waals surface area contributed by atoms with Crippen molar-refractivity contribution in [2.45, 2.75) is 0 Å². The van der Waals surface area contributed by atoms with E-state index in [1.165, 1.54) is 0 Å². The van der Waals surface area contributed by atoms with Crippen LogP contribution < -0.4 is 0 Å². The van der Waals surface area contributed by atoms with Gasteiger partial charge in [0.15, 0.2) is 0 Å². The van der Waals surface area contributed by atoms with Crippen LogP contribution in [-0.2, 0) is 4.74 Å². The number of nitrogens with zero attached hydrogens (tertiary/aromatic N) is 2. The molecule has 1 aromatic rings. The zero-order valence-electron chi connectivity index (χ0n) is 9.07. The Kier molecular flexibility index (Phi) is 4.42. The normalized spacial score (nSPS) is 16.7. The van der Waals surface area contributed by atoms with Crippen LogP contribution >= 0.6 is 31.9 Å². The number of hydrazone groups is 1. The van der Waals surface area contributed by atoms with Crippen LogP contribution in [-0.4, -0.2) is 42.6 Å². The first-order valence-corrected chi connectivity index (χ1v) is 6.80. The van der Waals surface area contributed by atoms with Crippen molar-refractivity contribution in [3.05, 3.63) is 26.6 Å². The first-order valence-electron chi connectivity index (χ1n) is 5.21. The van der Waals surface area contributed by atoms with E-state index in [0.29, 0.717) is 8.95 Å². The van der Waals surface area contributed by atoms with E-state index in [1.807, 2.05) is 17.1 Å². The second-order valence-corrected chi connectivity index (χ2v) is 5.35. The van der Waals surface area contributed by atoms with Crippen molar-refractivity contribution < 1.29 is 9.84 Å². The molecule has 1 heterocycles. The van der Waals surface area contributed by atoms with Gasteiger partial charge in [-0.1, -0.05) is 0 Å². The Hall–Kier alpha value is -0.590. The van der Waals surface area contributed by atoms with Crippen LogP contribution in [0.5, 0.6) is 5.75 Å². The van der Waals surface area contributed by atoms with Crippen molar-refractivity contribution in [3.8, 4) is 5.75 Å². The van der Waals surface area contributed by atoms with E-state index in [4.69, 9.17) is 4.74 Å². The van der Waals surface area contributed by atoms with Gasteiger partial charge < -0.3 is 9.84 Å². The second kappa shape index (κ2) is 5.84. The van der Waals surface area contributed by atoms with Crippen molar-refractivity contribution in [2.75, 3.05) is 26.3 Å². The summed E-state index contributed by atoms with van der Waals surface area (Å²) in [6.45, 7) is 3.08. The Morgan fingerprint density at radius 2 is 1.82 bits per heavy atom. The van der Waals surface area contributed by atoms with Gasteiger partial charge in [-0.05, 0) is 49.6 Å². The van der Waals surface area contributed by atoms with Crippen molar-refractivity contribution in [3.63, 3.8) is 0 Å². The molecule has 1 saturated heterocycles. The number of aromatic hydroxyl groups is 1. The molecule has 6 heteroatoms. The minimum atomic E-state index is 0.202. The van der Waals surface area contributed by atoms with Crippen molar-refractivity contribution >= 4 is 38.1 Å². The first-order chi connectivity index (χ1) is 8.16. The fourth-order valence-corrected chi connectivity index (χ4v) is 2.70. The van der Waals surface area contributed by atoms with Crippen LogP contribution in [0.2, 0.25) is 0 Å². The predicted octanol–water partition coefficient (Wildman–Crippen LogP) is 2.58. The third-order valence-electron chi connectivity index (χ3n) is 2.40. The molecule has 1 aliphatic rings. The predicted molar refractivity (Wildman–Crippen MR) is 73.5 cm³/mol. The molecule has 92 valence electrons. The highest BCUT2D eigenvalue weighted by Gasteiger charge is 2.07. The molecule has 1 fully saturated rings. The highest BCUT2D eigenvalue weighted by Crippen LogP contribution is 2.32. The molecule has 1 aliphatic heterocycles. The zero-order chi connectivity index (χ0) is 12.3. The van der Waals surface area contributed by atoms with E-state index in [9.17, 15) is 5.11 Å². The Morgan fingerprint density at radius 1 is 1.24 bits per heavy atom. The Morgan fingerprint density at radius 3 is 2.41 bits per heavy atom. The third-order valence-corrected chi connectivity index (χ3v) is 3.61. The highest BCUT2D eigenvalue weighted by atomic mass is 79.9. The molecule has 0 saturated carbocycles. The molecule has 0 radical (unpaired) electrons. The smallest absolute Gasteiger partial charge is 0.143 e. The number of hydrogen-bond acceptors (Lipinski definition) is 4. The van der Waals surface area contributed by atoms with Crippen molar-refractivity contribution in [1.29, 1.82) is 0 Å². The van der Waals surface area contributed by atoms with E-state index in [2.05, 4.69) is 37.0 Å². The number of hydrogen-bond donors (Lipinski definition) is 1. The summed E-state index contributed by atoms with van der Waals surface area (Å²) in [6, 6.07) is 3.65. The molecule has 0 unspecified atom stereocenters. The van der Waals surface area contributed by atoms with Gasteiger partial charge in [-0.3, -0.25) is 5.01 Å². The van der Waals surface area contributed by atoms with E-state index >= 15 is 0 Å². The summed E-state index contributed by atoms with van der Waals surface area (Å²) < 4.78 is 6.54. The van der Waals surface area contributed by atoms with E-state index in [-0.39, 0.29) is 5.75 Å². The molecular formula is C11H12Br2N2O2. The van der Waals surface area contributed by atoms with Gasteiger partial charge in [0, 0.05) is 0 Å². The van der Waals surface area contributed by atoms with E-state index < -0.39 is 0 Å². The molecule has 0 spiro atoms. The molecule has 2 rings (SSSR count).